The van der Waals surface area contributed by atoms with E-state index in [1.807, 2.05) is 72.8 Å². The maximum Gasteiger partial charge on any atom is 0.281 e. The second kappa shape index (κ2) is 7.80. The van der Waals surface area contributed by atoms with Crippen LogP contribution in [-0.4, -0.2) is 14.1 Å². The molecule has 0 aliphatic carbocycles. The minimum absolute atomic E-state index is 0.00591. The summed E-state index contributed by atoms with van der Waals surface area (Å²) in [7, 11) is 0. The molecule has 0 amide bonds. The van der Waals surface area contributed by atoms with Crippen LogP contribution in [0.1, 0.15) is 0 Å². The van der Waals surface area contributed by atoms with E-state index in [1.165, 1.54) is 0 Å². The number of nitro benzene ring substituents is 1. The van der Waals surface area contributed by atoms with Gasteiger partial charge in [0.2, 0.25) is 0 Å². The highest BCUT2D eigenvalue weighted by Crippen LogP contribution is 2.42. The third kappa shape index (κ3) is 2.92. The average molecular weight is 479 g/mol. The van der Waals surface area contributed by atoms with Gasteiger partial charge in [-0.1, -0.05) is 72.8 Å². The number of para-hydroxylation sites is 4. The van der Waals surface area contributed by atoms with Crippen molar-refractivity contribution >= 4 is 55.0 Å². The Morgan fingerprint density at radius 2 is 0.946 bits per heavy atom. The van der Waals surface area contributed by atoms with Crippen molar-refractivity contribution in [2.75, 3.05) is 0 Å². The lowest BCUT2D eigenvalue weighted by Gasteiger charge is -2.17. The Kier molecular flexibility index (Phi) is 4.41. The first kappa shape index (κ1) is 20.9. The minimum atomic E-state index is -0.472. The van der Waals surface area contributed by atoms with Gasteiger partial charge < -0.3 is 9.13 Å². The molecule has 37 heavy (non-hydrogen) atoms. The van der Waals surface area contributed by atoms with E-state index >= 15 is 0 Å². The predicted molar refractivity (Wildman–Crippen MR) is 148 cm³/mol. The first-order valence-electron chi connectivity index (χ1n) is 11.8. The summed E-state index contributed by atoms with van der Waals surface area (Å²) in [6, 6.07) is 35.6. The molecule has 174 valence electrons. The topological polar surface area (TPSA) is 57.4 Å². The van der Waals surface area contributed by atoms with Crippen LogP contribution in [0.3, 0.4) is 0 Å². The fourth-order valence-corrected chi connectivity index (χ4v) is 5.51. The van der Waals surface area contributed by atoms with Crippen LogP contribution < -0.4 is 0 Å². The van der Waals surface area contributed by atoms with Gasteiger partial charge in [-0.15, -0.1) is 0 Å². The van der Waals surface area contributed by atoms with Gasteiger partial charge in [0.15, 0.2) is 0 Å². The fourth-order valence-electron chi connectivity index (χ4n) is 5.51. The Bertz CT molecular complexity index is 1990. The van der Waals surface area contributed by atoms with E-state index in [9.17, 15) is 10.1 Å². The standard InChI is InChI=1S/C31H18N4O2/c1-32-24-18-30(33-25-14-6-2-10-20(25)21-11-3-7-15-26(21)33)31(19-29(24)35(36)37)34-27-16-8-4-12-22(27)23-13-5-9-17-28(23)34/h2-19H. The molecule has 0 bridgehead atoms. The number of hydrogen-bond acceptors (Lipinski definition) is 2. The Labute approximate surface area is 211 Å². The van der Waals surface area contributed by atoms with Crippen LogP contribution in [0.2, 0.25) is 0 Å². The van der Waals surface area contributed by atoms with Crippen LogP contribution >= 0.6 is 0 Å². The maximum atomic E-state index is 12.1. The van der Waals surface area contributed by atoms with Crippen molar-refractivity contribution in [1.29, 1.82) is 0 Å². The van der Waals surface area contributed by atoms with Crippen LogP contribution in [0.5, 0.6) is 0 Å². The van der Waals surface area contributed by atoms with Crippen molar-refractivity contribution in [2.24, 2.45) is 0 Å². The first-order valence-corrected chi connectivity index (χ1v) is 11.8. The van der Waals surface area contributed by atoms with Crippen LogP contribution in [0.25, 0.3) is 59.8 Å². The molecule has 6 nitrogen and oxygen atoms in total. The molecular weight excluding hydrogens is 460 g/mol. The van der Waals surface area contributed by atoms with Gasteiger partial charge in [0.1, 0.15) is 0 Å². The first-order chi connectivity index (χ1) is 18.2. The molecule has 0 N–H and O–H groups in total. The average Bonchev–Trinajstić information content (AvgIpc) is 3.45. The zero-order valence-corrected chi connectivity index (χ0v) is 19.5. The van der Waals surface area contributed by atoms with E-state index in [4.69, 9.17) is 6.57 Å². The van der Waals surface area contributed by atoms with Crippen molar-refractivity contribution in [3.63, 3.8) is 0 Å². The summed E-state index contributed by atoms with van der Waals surface area (Å²) in [4.78, 5) is 15.2. The zero-order valence-electron chi connectivity index (χ0n) is 19.5. The van der Waals surface area contributed by atoms with E-state index in [0.29, 0.717) is 11.4 Å². The van der Waals surface area contributed by atoms with E-state index < -0.39 is 4.92 Å². The molecule has 0 fully saturated rings. The Morgan fingerprint density at radius 3 is 1.30 bits per heavy atom. The van der Waals surface area contributed by atoms with Crippen molar-refractivity contribution in [3.8, 4) is 11.4 Å². The summed E-state index contributed by atoms with van der Waals surface area (Å²) in [5.74, 6) is 0. The Morgan fingerprint density at radius 1 is 0.595 bits per heavy atom. The summed E-state index contributed by atoms with van der Waals surface area (Å²) in [6.45, 7) is 7.74. The van der Waals surface area contributed by atoms with Crippen molar-refractivity contribution in [1.82, 2.24) is 9.13 Å². The molecule has 0 unspecified atom stereocenters. The van der Waals surface area contributed by atoms with E-state index in [1.54, 1.807) is 12.1 Å². The van der Waals surface area contributed by atoms with E-state index in [-0.39, 0.29) is 11.4 Å². The third-order valence-electron chi connectivity index (χ3n) is 7.03. The van der Waals surface area contributed by atoms with E-state index in [2.05, 4.69) is 38.2 Å². The Balaban J connectivity index is 1.72. The highest BCUT2D eigenvalue weighted by atomic mass is 16.6. The molecule has 0 saturated heterocycles. The second-order valence-corrected chi connectivity index (χ2v) is 8.94. The van der Waals surface area contributed by atoms with Gasteiger partial charge in [0.25, 0.3) is 11.4 Å². The highest BCUT2D eigenvalue weighted by molar-refractivity contribution is 6.11. The Hall–Kier alpha value is -5.41. The molecule has 7 aromatic rings. The van der Waals surface area contributed by atoms with Crippen molar-refractivity contribution in [3.05, 3.63) is 131 Å². The fraction of sp³-hybridized carbons (Fsp3) is 0. The molecule has 0 aliphatic heterocycles. The number of aromatic nitrogens is 2. The van der Waals surface area contributed by atoms with Crippen LogP contribution in [-0.2, 0) is 0 Å². The normalized spacial score (nSPS) is 11.4. The highest BCUT2D eigenvalue weighted by Gasteiger charge is 2.24. The van der Waals surface area contributed by atoms with Crippen LogP contribution in [0.4, 0.5) is 11.4 Å². The number of hydrogen-bond donors (Lipinski definition) is 0. The number of nitrogens with zero attached hydrogens (tertiary/aromatic N) is 4. The van der Waals surface area contributed by atoms with Gasteiger partial charge in [-0.3, -0.25) is 10.1 Å². The summed E-state index contributed by atoms with van der Waals surface area (Å²) in [5.41, 5.74) is 4.96. The summed E-state index contributed by atoms with van der Waals surface area (Å²) in [5, 5.41) is 16.4. The minimum Gasteiger partial charge on any atom is -0.308 e. The molecule has 6 heteroatoms. The van der Waals surface area contributed by atoms with Crippen LogP contribution in [0.15, 0.2) is 109 Å². The van der Waals surface area contributed by atoms with Gasteiger partial charge in [-0.25, -0.2) is 4.85 Å². The van der Waals surface area contributed by atoms with Crippen molar-refractivity contribution < 1.29 is 4.92 Å². The lowest BCUT2D eigenvalue weighted by molar-refractivity contribution is -0.383. The quantitative estimate of drug-likeness (QED) is 0.146. The summed E-state index contributed by atoms with van der Waals surface area (Å²) >= 11 is 0. The molecule has 0 spiro atoms. The van der Waals surface area contributed by atoms with Crippen molar-refractivity contribution in [2.45, 2.75) is 0 Å². The SMILES string of the molecule is [C-]#[N+]c1cc(-n2c3ccccc3c3ccccc32)c(-n2c3ccccc3c3ccccc32)cc1[N+](=O)[O-]. The van der Waals surface area contributed by atoms with Gasteiger partial charge in [-0.05, 0) is 30.3 Å². The predicted octanol–water partition coefficient (Wildman–Crippen LogP) is 8.34. The monoisotopic (exact) mass is 478 g/mol. The lowest BCUT2D eigenvalue weighted by Crippen LogP contribution is -2.05. The molecule has 2 aromatic heterocycles. The smallest absolute Gasteiger partial charge is 0.281 e. The largest absolute Gasteiger partial charge is 0.308 e. The molecule has 7 rings (SSSR count). The number of fused-ring (bicyclic) bond motifs is 6. The maximum absolute atomic E-state index is 12.1. The van der Waals surface area contributed by atoms with Gasteiger partial charge in [0, 0.05) is 27.6 Å². The molecule has 0 aliphatic rings. The van der Waals surface area contributed by atoms with Gasteiger partial charge in [0.05, 0.1) is 44.9 Å². The third-order valence-corrected chi connectivity index (χ3v) is 7.03. The molecule has 5 aromatic carbocycles. The number of nitro groups is 1. The second-order valence-electron chi connectivity index (χ2n) is 8.94. The lowest BCUT2D eigenvalue weighted by atomic mass is 10.1. The zero-order chi connectivity index (χ0) is 25.1. The summed E-state index contributed by atoms with van der Waals surface area (Å²) < 4.78 is 4.19. The molecular formula is C31H18N4O2. The number of benzene rings is 5. The molecule has 0 saturated carbocycles. The molecule has 0 atom stereocenters. The summed E-state index contributed by atoms with van der Waals surface area (Å²) in [6.07, 6.45) is 0. The number of rotatable bonds is 3. The molecule has 2 heterocycles. The van der Waals surface area contributed by atoms with Gasteiger partial charge in [-0.2, -0.15) is 0 Å². The van der Waals surface area contributed by atoms with Gasteiger partial charge >= 0.3 is 0 Å². The molecule has 0 radical (unpaired) electrons. The van der Waals surface area contributed by atoms with Crippen LogP contribution in [0, 0.1) is 16.7 Å². The van der Waals surface area contributed by atoms with E-state index in [0.717, 1.165) is 43.6 Å².